The number of halogens is 3. The molecule has 170 valence electrons. The zero-order valence-corrected chi connectivity index (χ0v) is 17.4. The molecule has 0 spiro atoms. The molecule has 8 nitrogen and oxygen atoms in total. The maximum atomic E-state index is 12.7. The smallest absolute Gasteiger partial charge is 0.357 e. The number of urea groups is 1. The lowest BCUT2D eigenvalue weighted by atomic mass is 10.1. The molecule has 1 aromatic rings. The number of carbonyl (C=O) groups excluding carboxylic acids is 2. The number of imide groups is 1. The summed E-state index contributed by atoms with van der Waals surface area (Å²) >= 11 is 0. The van der Waals surface area contributed by atoms with Gasteiger partial charge in [0.05, 0.1) is 25.2 Å². The van der Waals surface area contributed by atoms with Crippen molar-refractivity contribution in [1.82, 2.24) is 25.3 Å². The molecule has 2 aliphatic rings. The Morgan fingerprint density at radius 3 is 2.35 bits per heavy atom. The summed E-state index contributed by atoms with van der Waals surface area (Å²) in [4.78, 5) is 33.3. The monoisotopic (exact) mass is 440 g/mol. The second-order valence-corrected chi connectivity index (χ2v) is 7.40. The number of hydrogen-bond acceptors (Lipinski definition) is 4. The van der Waals surface area contributed by atoms with Gasteiger partial charge in [-0.2, -0.15) is 13.2 Å². The van der Waals surface area contributed by atoms with E-state index in [9.17, 15) is 22.8 Å². The van der Waals surface area contributed by atoms with E-state index in [0.717, 1.165) is 54.7 Å². The Bertz CT molecular complexity index is 788. The molecule has 2 saturated heterocycles. The standard InChI is InChI=1S/C20H27F3N6O2/c1-2-24-18(25-7-8-29-17(30)13-26-19(29)31)28-11-9-27(10-12-28)14-15-3-5-16(6-4-15)20(21,22)23/h3-6H,2,7-14H2,1H3,(H,24,25)(H,26,31). The third-order valence-electron chi connectivity index (χ3n) is 5.22. The maximum Gasteiger partial charge on any atom is 0.416 e. The highest BCUT2D eigenvalue weighted by atomic mass is 19.4. The van der Waals surface area contributed by atoms with Crippen LogP contribution in [-0.4, -0.2) is 85.0 Å². The fourth-order valence-electron chi connectivity index (χ4n) is 3.54. The molecule has 0 atom stereocenters. The average Bonchev–Trinajstić information content (AvgIpc) is 3.05. The van der Waals surface area contributed by atoms with Gasteiger partial charge in [0.1, 0.15) is 0 Å². The minimum absolute atomic E-state index is 0.0313. The quantitative estimate of drug-likeness (QED) is 0.397. The first kappa shape index (κ1) is 22.9. The van der Waals surface area contributed by atoms with Crippen molar-refractivity contribution >= 4 is 17.9 Å². The topological polar surface area (TPSA) is 80.3 Å². The van der Waals surface area contributed by atoms with E-state index in [0.29, 0.717) is 19.6 Å². The van der Waals surface area contributed by atoms with E-state index in [-0.39, 0.29) is 25.0 Å². The lowest BCUT2D eigenvalue weighted by Gasteiger charge is -2.36. The molecule has 0 bridgehead atoms. The number of benzene rings is 1. The Balaban J connectivity index is 1.50. The molecule has 3 amide bonds. The van der Waals surface area contributed by atoms with E-state index in [1.165, 1.54) is 12.1 Å². The highest BCUT2D eigenvalue weighted by Crippen LogP contribution is 2.29. The summed E-state index contributed by atoms with van der Waals surface area (Å²) in [5.74, 6) is 0.478. The number of rotatable bonds is 6. The van der Waals surface area contributed by atoms with Gasteiger partial charge in [0.2, 0.25) is 5.91 Å². The number of carbonyl (C=O) groups is 2. The van der Waals surface area contributed by atoms with Crippen LogP contribution in [-0.2, 0) is 17.5 Å². The zero-order chi connectivity index (χ0) is 22.4. The molecule has 2 aliphatic heterocycles. The number of aliphatic imine (C=N–C) groups is 1. The molecule has 31 heavy (non-hydrogen) atoms. The van der Waals surface area contributed by atoms with Gasteiger partial charge in [0, 0.05) is 39.3 Å². The molecule has 2 heterocycles. The van der Waals surface area contributed by atoms with Crippen LogP contribution in [0.25, 0.3) is 0 Å². The van der Waals surface area contributed by atoms with Crippen molar-refractivity contribution in [3.05, 3.63) is 35.4 Å². The predicted molar refractivity (Wildman–Crippen MR) is 109 cm³/mol. The van der Waals surface area contributed by atoms with Gasteiger partial charge in [0.15, 0.2) is 5.96 Å². The summed E-state index contributed by atoms with van der Waals surface area (Å²) in [5.41, 5.74) is 0.205. The van der Waals surface area contributed by atoms with E-state index in [2.05, 4.69) is 25.4 Å². The number of nitrogens with zero attached hydrogens (tertiary/aromatic N) is 4. The second kappa shape index (κ2) is 9.99. The zero-order valence-electron chi connectivity index (χ0n) is 17.4. The van der Waals surface area contributed by atoms with Gasteiger partial charge in [-0.05, 0) is 24.6 Å². The van der Waals surface area contributed by atoms with Crippen LogP contribution in [0.15, 0.2) is 29.3 Å². The molecule has 2 fully saturated rings. The van der Waals surface area contributed by atoms with Crippen LogP contribution >= 0.6 is 0 Å². The lowest BCUT2D eigenvalue weighted by molar-refractivity contribution is -0.137. The SMILES string of the molecule is CCNC(=NCCN1C(=O)CNC1=O)N1CCN(Cc2ccc(C(F)(F)F)cc2)CC1. The molecular weight excluding hydrogens is 413 g/mol. The van der Waals surface area contributed by atoms with Crippen LogP contribution in [0.3, 0.4) is 0 Å². The first-order chi connectivity index (χ1) is 14.8. The highest BCUT2D eigenvalue weighted by molar-refractivity contribution is 6.01. The van der Waals surface area contributed by atoms with Gasteiger partial charge in [-0.15, -0.1) is 0 Å². The van der Waals surface area contributed by atoms with Crippen LogP contribution in [0.1, 0.15) is 18.1 Å². The van der Waals surface area contributed by atoms with E-state index in [4.69, 9.17) is 0 Å². The summed E-state index contributed by atoms with van der Waals surface area (Å²) < 4.78 is 38.1. The number of piperazine rings is 1. The van der Waals surface area contributed by atoms with Crippen LogP contribution < -0.4 is 10.6 Å². The second-order valence-electron chi connectivity index (χ2n) is 7.40. The summed E-state index contributed by atoms with van der Waals surface area (Å²) in [7, 11) is 0. The van der Waals surface area contributed by atoms with Gasteiger partial charge in [-0.25, -0.2) is 4.79 Å². The molecule has 0 unspecified atom stereocenters. The van der Waals surface area contributed by atoms with Crippen molar-refractivity contribution in [3.63, 3.8) is 0 Å². The van der Waals surface area contributed by atoms with Crippen LogP contribution in [0.2, 0.25) is 0 Å². The molecule has 0 aromatic heterocycles. The molecule has 3 rings (SSSR count). The number of guanidine groups is 1. The average molecular weight is 440 g/mol. The third kappa shape index (κ3) is 6.09. The van der Waals surface area contributed by atoms with Crippen molar-refractivity contribution in [2.75, 3.05) is 52.4 Å². The molecule has 2 N–H and O–H groups in total. The van der Waals surface area contributed by atoms with Crippen molar-refractivity contribution in [2.24, 2.45) is 4.99 Å². The van der Waals surface area contributed by atoms with Crippen molar-refractivity contribution in [1.29, 1.82) is 0 Å². The van der Waals surface area contributed by atoms with Gasteiger partial charge < -0.3 is 15.5 Å². The largest absolute Gasteiger partial charge is 0.416 e. The lowest BCUT2D eigenvalue weighted by Crippen LogP contribution is -2.52. The Kier molecular flexibility index (Phi) is 7.37. The molecule has 11 heteroatoms. The Morgan fingerprint density at radius 2 is 1.81 bits per heavy atom. The number of hydrogen-bond donors (Lipinski definition) is 2. The summed E-state index contributed by atoms with van der Waals surface area (Å²) in [6.07, 6.45) is -4.32. The number of nitrogens with one attached hydrogen (secondary N) is 2. The van der Waals surface area contributed by atoms with Crippen LogP contribution in [0, 0.1) is 0 Å². The molecule has 1 aromatic carbocycles. The van der Waals surface area contributed by atoms with Gasteiger partial charge in [-0.1, -0.05) is 12.1 Å². The molecular formula is C20H27F3N6O2. The van der Waals surface area contributed by atoms with Crippen LogP contribution in [0.4, 0.5) is 18.0 Å². The molecule has 0 aliphatic carbocycles. The Labute approximate surface area is 179 Å². The first-order valence-corrected chi connectivity index (χ1v) is 10.3. The van der Waals surface area contributed by atoms with Crippen molar-refractivity contribution in [2.45, 2.75) is 19.6 Å². The maximum absolute atomic E-state index is 12.7. The van der Waals surface area contributed by atoms with E-state index in [1.54, 1.807) is 0 Å². The highest BCUT2D eigenvalue weighted by Gasteiger charge is 2.30. The Morgan fingerprint density at radius 1 is 1.13 bits per heavy atom. The minimum atomic E-state index is -4.32. The minimum Gasteiger partial charge on any atom is -0.357 e. The Hall–Kier alpha value is -2.82. The summed E-state index contributed by atoms with van der Waals surface area (Å²) in [6.45, 7) is 6.75. The van der Waals surface area contributed by atoms with E-state index in [1.807, 2.05) is 6.92 Å². The fraction of sp³-hybridized carbons (Fsp3) is 0.550. The predicted octanol–water partition coefficient (Wildman–Crippen LogP) is 1.34. The van der Waals surface area contributed by atoms with Gasteiger partial charge in [-0.3, -0.25) is 19.6 Å². The molecule has 0 saturated carbocycles. The van der Waals surface area contributed by atoms with E-state index < -0.39 is 11.7 Å². The normalized spacial score (nSPS) is 18.5. The fourth-order valence-corrected chi connectivity index (χ4v) is 3.54. The summed E-state index contributed by atoms with van der Waals surface area (Å²) in [6, 6.07) is 4.90. The molecule has 0 radical (unpaired) electrons. The van der Waals surface area contributed by atoms with E-state index >= 15 is 0 Å². The van der Waals surface area contributed by atoms with Gasteiger partial charge in [0.25, 0.3) is 0 Å². The van der Waals surface area contributed by atoms with Gasteiger partial charge >= 0.3 is 12.2 Å². The number of alkyl halides is 3. The summed E-state index contributed by atoms with van der Waals surface area (Å²) in [5, 5.41) is 5.71. The third-order valence-corrected chi connectivity index (χ3v) is 5.22. The van der Waals surface area contributed by atoms with Crippen molar-refractivity contribution < 1.29 is 22.8 Å². The van der Waals surface area contributed by atoms with Crippen LogP contribution in [0.5, 0.6) is 0 Å². The first-order valence-electron chi connectivity index (χ1n) is 10.3. The number of amides is 3. The van der Waals surface area contributed by atoms with Crippen molar-refractivity contribution in [3.8, 4) is 0 Å².